The van der Waals surface area contributed by atoms with Gasteiger partial charge in [0.05, 0.1) is 0 Å². The molecule has 0 N–H and O–H groups in total. The van der Waals surface area contributed by atoms with Crippen molar-refractivity contribution in [2.24, 2.45) is 11.3 Å². The maximum absolute atomic E-state index is 2.61. The summed E-state index contributed by atoms with van der Waals surface area (Å²) in [6, 6.07) is 40.8. The quantitative estimate of drug-likeness (QED) is 0.323. The van der Waals surface area contributed by atoms with Gasteiger partial charge in [-0.2, -0.15) is 0 Å². The number of hydrogen-bond acceptors (Lipinski definition) is 0. The fourth-order valence-corrected chi connectivity index (χ4v) is 12.2. The number of halogens is 2. The Bertz CT molecular complexity index is 1470. The summed E-state index contributed by atoms with van der Waals surface area (Å²) in [5.41, 5.74) is 10.3. The Morgan fingerprint density at radius 3 is 1.49 bits per heavy atom. The zero-order valence-electron chi connectivity index (χ0n) is 23.0. The number of fused-ring (bicyclic) bond motifs is 3. The van der Waals surface area contributed by atoms with Crippen LogP contribution in [0.15, 0.2) is 131 Å². The first-order valence-corrected chi connectivity index (χ1v) is 15.9. The van der Waals surface area contributed by atoms with Crippen LogP contribution in [-0.4, -0.2) is 3.81 Å². The van der Waals surface area contributed by atoms with E-state index in [9.17, 15) is 0 Å². The van der Waals surface area contributed by atoms with E-state index >= 15 is 0 Å². The summed E-state index contributed by atoms with van der Waals surface area (Å²) in [6.07, 6.45) is 5.15. The minimum Gasteiger partial charge on any atom is -1.00 e. The van der Waals surface area contributed by atoms with Crippen molar-refractivity contribution < 1.29 is 42.2 Å². The van der Waals surface area contributed by atoms with E-state index in [2.05, 4.69) is 149 Å². The van der Waals surface area contributed by atoms with Crippen LogP contribution in [0, 0.1) is 11.3 Å². The summed E-state index contributed by atoms with van der Waals surface area (Å²) < 4.78 is 3.69. The average molecular weight is 585 g/mol. The molecule has 0 saturated carbocycles. The number of allylic oxidation sites excluding steroid dienone is 4. The molecule has 0 aliphatic heterocycles. The summed E-state index contributed by atoms with van der Waals surface area (Å²) >= 11 is -2.23. The Morgan fingerprint density at radius 2 is 1.05 bits per heavy atom. The van der Waals surface area contributed by atoms with Crippen LogP contribution in [-0.2, 0) is 17.4 Å². The van der Waals surface area contributed by atoms with Gasteiger partial charge >= 0.3 is 229 Å². The summed E-state index contributed by atoms with van der Waals surface area (Å²) in [5.74, 6) is 0.451. The molecule has 0 bridgehead atoms. The standard InChI is InChI=1S/C13H9.C13H10.C10H15.2ClH.Ti/c1-3-7-12-10(5-1)9-11-6-2-4-8-13(11)12;1-3-7-12(8-4-1)11-13-9-5-2-6-10-13;1-8-5-6-9(7-8)10(2,3)4;;;/h1-9H;1-10H;6-8H,1-4H3;2*1H;/q;;;;;+2/p-2. The molecule has 39 heavy (non-hydrogen) atoms. The largest absolute Gasteiger partial charge is 1.00 e. The maximum atomic E-state index is 2.61. The smallest absolute Gasteiger partial charge is 1.00 e. The van der Waals surface area contributed by atoms with Crippen molar-refractivity contribution in [1.82, 2.24) is 0 Å². The predicted molar refractivity (Wildman–Crippen MR) is 155 cm³/mol. The molecule has 0 spiro atoms. The molecule has 6 rings (SSSR count). The van der Waals surface area contributed by atoms with Gasteiger partial charge in [0.15, 0.2) is 0 Å². The molecule has 1 atom stereocenters. The molecular formula is C36H34Cl2Ti. The Hall–Kier alpha value is -2.48. The van der Waals surface area contributed by atoms with Gasteiger partial charge in [-0.3, -0.25) is 0 Å². The van der Waals surface area contributed by atoms with Crippen LogP contribution >= 0.6 is 0 Å². The second-order valence-corrected chi connectivity index (χ2v) is 15.3. The second-order valence-electron chi connectivity index (χ2n) is 11.4. The number of rotatable bonds is 4. The monoisotopic (exact) mass is 584 g/mol. The van der Waals surface area contributed by atoms with Crippen molar-refractivity contribution in [2.45, 2.75) is 31.9 Å². The van der Waals surface area contributed by atoms with Gasteiger partial charge in [0, 0.05) is 0 Å². The van der Waals surface area contributed by atoms with Crippen LogP contribution in [0.2, 0.25) is 0 Å². The van der Waals surface area contributed by atoms with E-state index in [-0.39, 0.29) is 30.2 Å². The van der Waals surface area contributed by atoms with Crippen LogP contribution in [0.5, 0.6) is 0 Å². The van der Waals surface area contributed by atoms with Gasteiger partial charge < -0.3 is 24.8 Å². The molecule has 0 aromatic heterocycles. The van der Waals surface area contributed by atoms with E-state index in [1.807, 2.05) is 0 Å². The zero-order chi connectivity index (χ0) is 25.6. The maximum Gasteiger partial charge on any atom is -1.00 e. The number of benzene rings is 4. The Kier molecular flexibility index (Phi) is 9.04. The molecular weight excluding hydrogens is 551 g/mol. The molecule has 4 aromatic carbocycles. The van der Waals surface area contributed by atoms with Gasteiger partial charge in [-0.1, -0.05) is 0 Å². The van der Waals surface area contributed by atoms with Crippen LogP contribution in [0.3, 0.4) is 0 Å². The van der Waals surface area contributed by atoms with Crippen LogP contribution < -0.4 is 24.8 Å². The summed E-state index contributed by atoms with van der Waals surface area (Å²) in [5, 5.41) is 0. The van der Waals surface area contributed by atoms with E-state index in [1.54, 1.807) is 7.69 Å². The van der Waals surface area contributed by atoms with Crippen LogP contribution in [0.4, 0.5) is 0 Å². The SMILES string of the molecule is CC1C=C(C(C)(C)C)C=[C]1[Ti+2](=[C](c1ccccc1)c1ccccc1)[CH]1c2ccccc2-c2ccccc21.[Cl-].[Cl-]. The third-order valence-corrected chi connectivity index (χ3v) is 13.4. The molecule has 3 heteroatoms. The van der Waals surface area contributed by atoms with Crippen molar-refractivity contribution in [3.63, 3.8) is 0 Å². The zero-order valence-corrected chi connectivity index (χ0v) is 26.0. The van der Waals surface area contributed by atoms with Gasteiger partial charge in [0.2, 0.25) is 0 Å². The minimum atomic E-state index is -2.23. The summed E-state index contributed by atoms with van der Waals surface area (Å²) in [4.78, 5) is 0. The fourth-order valence-electron chi connectivity index (χ4n) is 6.10. The predicted octanol–water partition coefficient (Wildman–Crippen LogP) is 3.16. The molecule has 0 heterocycles. The molecule has 0 saturated heterocycles. The van der Waals surface area contributed by atoms with Gasteiger partial charge in [0.25, 0.3) is 0 Å². The van der Waals surface area contributed by atoms with Gasteiger partial charge in [-0.05, 0) is 0 Å². The molecule has 2 aliphatic rings. The normalized spacial score (nSPS) is 15.5. The van der Waals surface area contributed by atoms with Crippen LogP contribution in [0.1, 0.15) is 54.2 Å². The molecule has 0 amide bonds. The third-order valence-electron chi connectivity index (χ3n) is 7.92. The Morgan fingerprint density at radius 1 is 0.615 bits per heavy atom. The molecule has 4 aromatic rings. The van der Waals surface area contributed by atoms with E-state index < -0.39 is 17.4 Å². The van der Waals surface area contributed by atoms with Gasteiger partial charge in [-0.15, -0.1) is 0 Å². The van der Waals surface area contributed by atoms with Crippen LogP contribution in [0.25, 0.3) is 11.1 Å². The topological polar surface area (TPSA) is 0 Å². The first-order chi connectivity index (χ1) is 17.9. The van der Waals surface area contributed by atoms with E-state index in [0.717, 1.165) is 0 Å². The first-order valence-electron chi connectivity index (χ1n) is 13.4. The van der Waals surface area contributed by atoms with E-state index in [4.69, 9.17) is 0 Å². The first kappa shape index (κ1) is 29.5. The van der Waals surface area contributed by atoms with Crippen molar-refractivity contribution in [1.29, 1.82) is 0 Å². The summed E-state index contributed by atoms with van der Waals surface area (Å²) in [6.45, 7) is 9.48. The van der Waals surface area contributed by atoms with Crippen molar-refractivity contribution >= 4 is 3.81 Å². The van der Waals surface area contributed by atoms with Gasteiger partial charge in [0.1, 0.15) is 0 Å². The molecule has 0 radical (unpaired) electrons. The second kappa shape index (κ2) is 12.0. The van der Waals surface area contributed by atoms with Gasteiger partial charge in [-0.25, -0.2) is 0 Å². The average Bonchev–Trinajstić information content (AvgIpc) is 3.47. The van der Waals surface area contributed by atoms with E-state index in [1.165, 1.54) is 39.0 Å². The Labute approximate surface area is 252 Å². The molecule has 196 valence electrons. The Balaban J connectivity index is 0.00000176. The molecule has 0 nitrogen and oxygen atoms in total. The minimum absolute atomic E-state index is 0. The summed E-state index contributed by atoms with van der Waals surface area (Å²) in [7, 11) is 0. The molecule has 0 fully saturated rings. The van der Waals surface area contributed by atoms with Crippen molar-refractivity contribution in [2.75, 3.05) is 0 Å². The molecule has 1 unspecified atom stereocenters. The fraction of sp³-hybridized carbons (Fsp3) is 0.194. The number of hydrogen-bond donors (Lipinski definition) is 0. The molecule has 2 aliphatic carbocycles. The van der Waals surface area contributed by atoms with Crippen molar-refractivity contribution in [3.05, 3.63) is 153 Å². The van der Waals surface area contributed by atoms with E-state index in [0.29, 0.717) is 10.1 Å². The third kappa shape index (κ3) is 5.46. The van der Waals surface area contributed by atoms with Crippen molar-refractivity contribution in [3.8, 4) is 11.1 Å².